The van der Waals surface area contributed by atoms with Crippen molar-refractivity contribution in [2.45, 2.75) is 37.0 Å². The Morgan fingerprint density at radius 3 is 2.58 bits per heavy atom. The van der Waals surface area contributed by atoms with Crippen LogP contribution in [0, 0.1) is 0 Å². The highest BCUT2D eigenvalue weighted by Gasteiger charge is 2.41. The maximum atomic E-state index is 5.49. The van der Waals surface area contributed by atoms with Crippen LogP contribution in [-0.2, 0) is 5.41 Å². The number of imidazole rings is 1. The fraction of sp³-hybridized carbons (Fsp3) is 0.391. The zero-order valence-corrected chi connectivity index (χ0v) is 17.4. The lowest BCUT2D eigenvalue weighted by Crippen LogP contribution is -2.44. The number of fused-ring (bicyclic) bond motifs is 1. The van der Waals surface area contributed by atoms with E-state index in [1.54, 1.807) is 7.11 Å². The van der Waals surface area contributed by atoms with E-state index in [-0.39, 0.29) is 5.41 Å². The maximum absolute atomic E-state index is 5.49. The molecule has 0 radical (unpaired) electrons. The molecule has 158 valence electrons. The molecule has 0 unspecified atom stereocenters. The molecule has 0 atom stereocenters. The standard InChI is InChI=1S/C23H24N6O2/c1-30-20-10-9-19-24-18(15-29(19)26-20)23(17-5-3-2-4-6-17)11-13-28(14-12-23)22-25-21(31-27-22)16-7-8-16/h2-6,9-10,15-16H,7-8,11-14H2,1H3. The van der Waals surface area contributed by atoms with E-state index in [4.69, 9.17) is 14.2 Å². The Hall–Kier alpha value is -3.42. The quantitative estimate of drug-likeness (QED) is 0.492. The SMILES string of the molecule is COc1ccc2nc(C3(c4ccccc4)CCN(c4noc(C5CC5)n4)CC3)cn2n1. The highest BCUT2D eigenvalue weighted by molar-refractivity contribution is 5.46. The van der Waals surface area contributed by atoms with Crippen molar-refractivity contribution in [1.82, 2.24) is 24.7 Å². The lowest BCUT2D eigenvalue weighted by molar-refractivity contribution is 0.364. The van der Waals surface area contributed by atoms with Crippen molar-refractivity contribution in [2.24, 2.45) is 0 Å². The van der Waals surface area contributed by atoms with E-state index in [2.05, 4.69) is 50.5 Å². The first-order chi connectivity index (χ1) is 15.2. The van der Waals surface area contributed by atoms with Gasteiger partial charge < -0.3 is 14.2 Å². The van der Waals surface area contributed by atoms with Crippen LogP contribution < -0.4 is 9.64 Å². The minimum atomic E-state index is -0.193. The number of rotatable bonds is 5. The number of hydrogen-bond donors (Lipinski definition) is 0. The Morgan fingerprint density at radius 2 is 1.84 bits per heavy atom. The summed E-state index contributed by atoms with van der Waals surface area (Å²) in [7, 11) is 1.62. The summed E-state index contributed by atoms with van der Waals surface area (Å²) in [5, 5.41) is 8.76. The van der Waals surface area contributed by atoms with Gasteiger partial charge >= 0.3 is 0 Å². The van der Waals surface area contributed by atoms with Gasteiger partial charge in [-0.25, -0.2) is 9.50 Å². The van der Waals surface area contributed by atoms with Gasteiger partial charge in [-0.2, -0.15) is 4.98 Å². The third kappa shape index (κ3) is 3.13. The summed E-state index contributed by atoms with van der Waals surface area (Å²) < 4.78 is 12.6. The van der Waals surface area contributed by atoms with Crippen LogP contribution in [0.25, 0.3) is 5.65 Å². The van der Waals surface area contributed by atoms with E-state index >= 15 is 0 Å². The van der Waals surface area contributed by atoms with Crippen LogP contribution in [0.4, 0.5) is 5.95 Å². The molecule has 8 nitrogen and oxygen atoms in total. The molecule has 8 heteroatoms. The zero-order valence-electron chi connectivity index (χ0n) is 17.4. The second-order valence-electron chi connectivity index (χ2n) is 8.45. The molecular weight excluding hydrogens is 392 g/mol. The van der Waals surface area contributed by atoms with Gasteiger partial charge in [-0.1, -0.05) is 30.3 Å². The molecule has 1 saturated heterocycles. The second kappa shape index (κ2) is 7.08. The smallest absolute Gasteiger partial charge is 0.266 e. The Morgan fingerprint density at radius 1 is 1.03 bits per heavy atom. The van der Waals surface area contributed by atoms with Crippen LogP contribution in [0.3, 0.4) is 0 Å². The van der Waals surface area contributed by atoms with Gasteiger partial charge in [0.15, 0.2) is 5.65 Å². The van der Waals surface area contributed by atoms with Crippen molar-refractivity contribution in [2.75, 3.05) is 25.1 Å². The summed E-state index contributed by atoms with van der Waals surface area (Å²) in [6.07, 6.45) is 6.17. The molecule has 2 aliphatic rings. The predicted octanol–water partition coefficient (Wildman–Crippen LogP) is 3.58. The van der Waals surface area contributed by atoms with E-state index < -0.39 is 0 Å². The summed E-state index contributed by atoms with van der Waals surface area (Å²) in [6.45, 7) is 1.67. The molecule has 6 rings (SSSR count). The zero-order chi connectivity index (χ0) is 20.8. The number of anilines is 1. The van der Waals surface area contributed by atoms with Gasteiger partial charge in [0.2, 0.25) is 11.8 Å². The van der Waals surface area contributed by atoms with Crippen molar-refractivity contribution in [3.05, 3.63) is 65.8 Å². The third-order valence-electron chi connectivity index (χ3n) is 6.58. The number of aromatic nitrogens is 5. The third-order valence-corrected chi connectivity index (χ3v) is 6.58. The topological polar surface area (TPSA) is 81.6 Å². The van der Waals surface area contributed by atoms with E-state index in [1.807, 2.05) is 22.8 Å². The normalized spacial score (nSPS) is 18.4. The van der Waals surface area contributed by atoms with Crippen LogP contribution in [0.1, 0.15) is 48.7 Å². The number of benzene rings is 1. The second-order valence-corrected chi connectivity index (χ2v) is 8.45. The maximum Gasteiger partial charge on any atom is 0.266 e. The average Bonchev–Trinajstić information content (AvgIpc) is 3.40. The molecular formula is C23H24N6O2. The first-order valence-corrected chi connectivity index (χ1v) is 10.8. The van der Waals surface area contributed by atoms with Gasteiger partial charge in [0, 0.05) is 30.5 Å². The number of piperidine rings is 1. The van der Waals surface area contributed by atoms with Gasteiger partial charge in [0.05, 0.1) is 19.0 Å². The first-order valence-electron chi connectivity index (χ1n) is 10.8. The monoisotopic (exact) mass is 416 g/mol. The van der Waals surface area contributed by atoms with E-state index in [0.717, 1.165) is 56.0 Å². The van der Waals surface area contributed by atoms with E-state index in [1.165, 1.54) is 5.56 Å². The largest absolute Gasteiger partial charge is 0.480 e. The number of nitrogens with zero attached hydrogens (tertiary/aromatic N) is 6. The molecule has 31 heavy (non-hydrogen) atoms. The molecule has 1 aromatic carbocycles. The van der Waals surface area contributed by atoms with Crippen molar-refractivity contribution in [3.8, 4) is 5.88 Å². The van der Waals surface area contributed by atoms with Crippen molar-refractivity contribution in [1.29, 1.82) is 0 Å². The average molecular weight is 416 g/mol. The van der Waals surface area contributed by atoms with Gasteiger partial charge in [0.25, 0.3) is 5.95 Å². The molecule has 1 aliphatic heterocycles. The predicted molar refractivity (Wildman–Crippen MR) is 114 cm³/mol. The highest BCUT2D eigenvalue weighted by atomic mass is 16.5. The van der Waals surface area contributed by atoms with Gasteiger partial charge in [-0.05, 0) is 42.5 Å². The van der Waals surface area contributed by atoms with Gasteiger partial charge in [-0.15, -0.1) is 5.10 Å². The summed E-state index contributed by atoms with van der Waals surface area (Å²) in [6, 6.07) is 14.4. The number of methoxy groups -OCH3 is 1. The fourth-order valence-corrected chi connectivity index (χ4v) is 4.59. The van der Waals surface area contributed by atoms with Crippen LogP contribution >= 0.6 is 0 Å². The summed E-state index contributed by atoms with van der Waals surface area (Å²) in [5.74, 6) is 2.54. The van der Waals surface area contributed by atoms with Gasteiger partial charge in [0.1, 0.15) is 0 Å². The van der Waals surface area contributed by atoms with Crippen LogP contribution in [0.5, 0.6) is 5.88 Å². The number of hydrogen-bond acceptors (Lipinski definition) is 7. The molecule has 4 aromatic rings. The Labute approximate surface area is 179 Å². The van der Waals surface area contributed by atoms with Crippen LogP contribution in [-0.4, -0.2) is 44.9 Å². The summed E-state index contributed by atoms with van der Waals surface area (Å²) >= 11 is 0. The molecule has 1 aliphatic carbocycles. The minimum Gasteiger partial charge on any atom is -0.480 e. The lowest BCUT2D eigenvalue weighted by atomic mass is 9.70. The molecule has 4 heterocycles. The molecule has 1 saturated carbocycles. The molecule has 0 spiro atoms. The number of ether oxygens (including phenoxy) is 1. The Balaban J connectivity index is 1.35. The van der Waals surface area contributed by atoms with Crippen LogP contribution in [0.2, 0.25) is 0 Å². The lowest BCUT2D eigenvalue weighted by Gasteiger charge is -2.40. The first kappa shape index (κ1) is 18.4. The fourth-order valence-electron chi connectivity index (χ4n) is 4.59. The minimum absolute atomic E-state index is 0.193. The summed E-state index contributed by atoms with van der Waals surface area (Å²) in [5.41, 5.74) is 2.94. The molecule has 0 bridgehead atoms. The van der Waals surface area contributed by atoms with Crippen molar-refractivity contribution < 1.29 is 9.26 Å². The highest BCUT2D eigenvalue weighted by Crippen LogP contribution is 2.43. The van der Waals surface area contributed by atoms with E-state index in [0.29, 0.717) is 17.7 Å². The molecule has 2 fully saturated rings. The molecule has 0 amide bonds. The van der Waals surface area contributed by atoms with Gasteiger partial charge in [-0.3, -0.25) is 0 Å². The van der Waals surface area contributed by atoms with E-state index in [9.17, 15) is 0 Å². The summed E-state index contributed by atoms with van der Waals surface area (Å²) in [4.78, 5) is 11.8. The van der Waals surface area contributed by atoms with Crippen molar-refractivity contribution in [3.63, 3.8) is 0 Å². The Kier molecular flexibility index (Phi) is 4.19. The molecule has 0 N–H and O–H groups in total. The molecule has 3 aromatic heterocycles. The van der Waals surface area contributed by atoms with Crippen molar-refractivity contribution >= 4 is 11.6 Å². The Bertz CT molecular complexity index is 1210. The van der Waals surface area contributed by atoms with Crippen LogP contribution in [0.15, 0.2) is 53.2 Å².